The minimum atomic E-state index is -0.338. The van der Waals surface area contributed by atoms with E-state index >= 15 is 0 Å². The highest BCUT2D eigenvalue weighted by molar-refractivity contribution is 8.00. The summed E-state index contributed by atoms with van der Waals surface area (Å²) in [5.41, 5.74) is 1.26. The highest BCUT2D eigenvalue weighted by Crippen LogP contribution is 2.31. The van der Waals surface area contributed by atoms with E-state index in [9.17, 15) is 9.59 Å². The molecule has 0 spiro atoms. The van der Waals surface area contributed by atoms with Gasteiger partial charge in [0, 0.05) is 16.7 Å². The van der Waals surface area contributed by atoms with Crippen molar-refractivity contribution in [3.63, 3.8) is 0 Å². The van der Waals surface area contributed by atoms with E-state index in [1.54, 1.807) is 6.92 Å². The molecule has 20 heavy (non-hydrogen) atoms. The van der Waals surface area contributed by atoms with Gasteiger partial charge in [0.2, 0.25) is 0 Å². The van der Waals surface area contributed by atoms with Gasteiger partial charge in [-0.3, -0.25) is 0 Å². The van der Waals surface area contributed by atoms with Gasteiger partial charge in [0.25, 0.3) is 0 Å². The van der Waals surface area contributed by atoms with E-state index in [4.69, 9.17) is 4.74 Å². The molecular formula is C14H22N2O3S. The minimum Gasteiger partial charge on any atom is -0.463 e. The van der Waals surface area contributed by atoms with Crippen molar-refractivity contribution in [2.24, 2.45) is 0 Å². The monoisotopic (exact) mass is 298 g/mol. The maximum Gasteiger partial charge on any atom is 0.337 e. The van der Waals surface area contributed by atoms with E-state index in [1.165, 1.54) is 25.7 Å². The first-order valence-corrected chi connectivity index (χ1v) is 8.26. The van der Waals surface area contributed by atoms with Crippen molar-refractivity contribution in [1.82, 2.24) is 10.6 Å². The fourth-order valence-corrected chi connectivity index (χ4v) is 3.95. The third kappa shape index (κ3) is 3.69. The quantitative estimate of drug-likeness (QED) is 0.763. The standard InChI is InChI=1S/C14H22N2O3S/c1-3-19-13(17)12-9(2)15-14(18)16-11(12)8-20-10-6-4-5-7-10/h9-10H,3-8H2,1-2H3,(H2,15,16,18)/t9-/m0/s1. The molecule has 5 nitrogen and oxygen atoms in total. The second-order valence-electron chi connectivity index (χ2n) is 5.15. The number of hydrogen-bond acceptors (Lipinski definition) is 4. The highest BCUT2D eigenvalue weighted by Gasteiger charge is 2.30. The number of carbonyl (C=O) groups excluding carboxylic acids is 2. The Labute approximate surface area is 123 Å². The summed E-state index contributed by atoms with van der Waals surface area (Å²) in [4.78, 5) is 23.6. The molecule has 1 aliphatic carbocycles. The smallest absolute Gasteiger partial charge is 0.337 e. The average Bonchev–Trinajstić information content (AvgIpc) is 2.88. The average molecular weight is 298 g/mol. The van der Waals surface area contributed by atoms with Crippen LogP contribution >= 0.6 is 11.8 Å². The second kappa shape index (κ2) is 7.02. The van der Waals surface area contributed by atoms with Crippen LogP contribution in [0, 0.1) is 0 Å². The number of carbonyl (C=O) groups is 2. The Balaban J connectivity index is 2.09. The van der Waals surface area contributed by atoms with Crippen molar-refractivity contribution in [2.75, 3.05) is 12.4 Å². The molecule has 1 fully saturated rings. The molecule has 2 rings (SSSR count). The predicted molar refractivity (Wildman–Crippen MR) is 79.5 cm³/mol. The zero-order chi connectivity index (χ0) is 14.5. The van der Waals surface area contributed by atoms with E-state index in [2.05, 4.69) is 10.6 Å². The summed E-state index contributed by atoms with van der Waals surface area (Å²) in [5.74, 6) is 0.325. The van der Waals surface area contributed by atoms with Gasteiger partial charge in [0.1, 0.15) is 0 Å². The Morgan fingerprint density at radius 3 is 2.75 bits per heavy atom. The van der Waals surface area contributed by atoms with Crippen molar-refractivity contribution in [2.45, 2.75) is 50.8 Å². The van der Waals surface area contributed by atoms with Crippen LogP contribution in [0.3, 0.4) is 0 Å². The number of rotatable bonds is 5. The molecule has 2 amide bonds. The number of ether oxygens (including phenoxy) is 1. The molecule has 0 unspecified atom stereocenters. The van der Waals surface area contributed by atoms with E-state index in [1.807, 2.05) is 18.7 Å². The van der Waals surface area contributed by atoms with Crippen LogP contribution in [-0.2, 0) is 9.53 Å². The summed E-state index contributed by atoms with van der Waals surface area (Å²) < 4.78 is 5.09. The van der Waals surface area contributed by atoms with Gasteiger partial charge in [-0.05, 0) is 26.7 Å². The van der Waals surface area contributed by atoms with Crippen LogP contribution in [0.15, 0.2) is 11.3 Å². The van der Waals surface area contributed by atoms with Gasteiger partial charge in [-0.15, -0.1) is 0 Å². The number of thioether (sulfide) groups is 1. The number of urea groups is 1. The first-order chi connectivity index (χ1) is 9.61. The van der Waals surface area contributed by atoms with E-state index in [-0.39, 0.29) is 18.0 Å². The van der Waals surface area contributed by atoms with Crippen molar-refractivity contribution >= 4 is 23.8 Å². The molecular weight excluding hydrogens is 276 g/mol. The van der Waals surface area contributed by atoms with Crippen LogP contribution in [0.1, 0.15) is 39.5 Å². The van der Waals surface area contributed by atoms with E-state index in [0.717, 1.165) is 0 Å². The summed E-state index contributed by atoms with van der Waals surface area (Å²) in [5, 5.41) is 6.12. The Morgan fingerprint density at radius 1 is 1.40 bits per heavy atom. The molecule has 0 aromatic heterocycles. The van der Waals surface area contributed by atoms with Crippen molar-refractivity contribution in [3.8, 4) is 0 Å². The molecule has 2 aliphatic rings. The molecule has 112 valence electrons. The fraction of sp³-hybridized carbons (Fsp3) is 0.714. The minimum absolute atomic E-state index is 0.243. The van der Waals surface area contributed by atoms with Gasteiger partial charge in [-0.25, -0.2) is 9.59 Å². The molecule has 1 aliphatic heterocycles. The lowest BCUT2D eigenvalue weighted by atomic mass is 10.1. The molecule has 0 saturated heterocycles. The first kappa shape index (κ1) is 15.2. The summed E-state index contributed by atoms with van der Waals surface area (Å²) in [6.07, 6.45) is 5.03. The van der Waals surface area contributed by atoms with Gasteiger partial charge in [0.15, 0.2) is 0 Å². The lowest BCUT2D eigenvalue weighted by Crippen LogP contribution is -2.49. The highest BCUT2D eigenvalue weighted by atomic mass is 32.2. The van der Waals surface area contributed by atoms with Crippen molar-refractivity contribution < 1.29 is 14.3 Å². The van der Waals surface area contributed by atoms with Crippen molar-refractivity contribution in [3.05, 3.63) is 11.3 Å². The molecule has 1 heterocycles. The maximum absolute atomic E-state index is 12.0. The summed E-state index contributed by atoms with van der Waals surface area (Å²) in [6.45, 7) is 3.93. The van der Waals surface area contributed by atoms with Gasteiger partial charge >= 0.3 is 12.0 Å². The van der Waals surface area contributed by atoms with E-state index < -0.39 is 0 Å². The zero-order valence-corrected chi connectivity index (χ0v) is 12.8. The molecule has 0 aromatic rings. The van der Waals surface area contributed by atoms with Gasteiger partial charge in [-0.2, -0.15) is 11.8 Å². The predicted octanol–water partition coefficient (Wildman–Crippen LogP) is 2.18. The molecule has 0 radical (unpaired) electrons. The Morgan fingerprint density at radius 2 is 2.10 bits per heavy atom. The Kier molecular flexibility index (Phi) is 5.34. The van der Waals surface area contributed by atoms with Crippen LogP contribution in [-0.4, -0.2) is 35.7 Å². The SMILES string of the molecule is CCOC(=O)C1=C(CSC2CCCC2)NC(=O)N[C@H]1C. The number of hydrogen-bond donors (Lipinski definition) is 2. The van der Waals surface area contributed by atoms with E-state index in [0.29, 0.717) is 28.9 Å². The topological polar surface area (TPSA) is 67.4 Å². The van der Waals surface area contributed by atoms with Crippen LogP contribution in [0.25, 0.3) is 0 Å². The second-order valence-corrected chi connectivity index (χ2v) is 6.44. The van der Waals surface area contributed by atoms with Gasteiger partial charge < -0.3 is 15.4 Å². The summed E-state index contributed by atoms with van der Waals surface area (Å²) >= 11 is 1.83. The Hall–Kier alpha value is -1.17. The van der Waals surface area contributed by atoms with Gasteiger partial charge in [0.05, 0.1) is 18.2 Å². The summed E-state index contributed by atoms with van der Waals surface area (Å²) in [6, 6.07) is -0.547. The van der Waals surface area contributed by atoms with Crippen LogP contribution < -0.4 is 10.6 Å². The molecule has 2 N–H and O–H groups in total. The lowest BCUT2D eigenvalue weighted by Gasteiger charge is -2.27. The fourth-order valence-electron chi connectivity index (χ4n) is 2.65. The molecule has 0 bridgehead atoms. The number of esters is 1. The molecule has 0 aromatic carbocycles. The Bertz CT molecular complexity index is 417. The summed E-state index contributed by atoms with van der Waals surface area (Å²) in [7, 11) is 0. The largest absolute Gasteiger partial charge is 0.463 e. The molecule has 1 saturated carbocycles. The number of amides is 2. The third-order valence-corrected chi connectivity index (χ3v) is 5.03. The third-order valence-electron chi connectivity index (χ3n) is 3.63. The molecule has 6 heteroatoms. The van der Waals surface area contributed by atoms with Crippen LogP contribution in [0.5, 0.6) is 0 Å². The first-order valence-electron chi connectivity index (χ1n) is 7.21. The number of nitrogens with one attached hydrogen (secondary N) is 2. The zero-order valence-electron chi connectivity index (χ0n) is 12.0. The van der Waals surface area contributed by atoms with Crippen LogP contribution in [0.2, 0.25) is 0 Å². The molecule has 1 atom stereocenters. The normalized spacial score (nSPS) is 23.5. The van der Waals surface area contributed by atoms with Crippen molar-refractivity contribution in [1.29, 1.82) is 0 Å². The van der Waals surface area contributed by atoms with Crippen LogP contribution in [0.4, 0.5) is 4.79 Å². The maximum atomic E-state index is 12.0. The van der Waals surface area contributed by atoms with Gasteiger partial charge in [-0.1, -0.05) is 12.8 Å². The lowest BCUT2D eigenvalue weighted by molar-refractivity contribution is -0.138.